The first-order chi connectivity index (χ1) is 24.3. The van der Waals surface area contributed by atoms with Gasteiger partial charge in [0.25, 0.3) is 11.8 Å². The Kier molecular flexibility index (Phi) is 12.2. The van der Waals surface area contributed by atoms with Crippen LogP contribution in [0.2, 0.25) is 10.2 Å². The van der Waals surface area contributed by atoms with Crippen LogP contribution >= 0.6 is 23.2 Å². The fourth-order valence-corrected chi connectivity index (χ4v) is 8.53. The summed E-state index contributed by atoms with van der Waals surface area (Å²) >= 11 is 11.7. The summed E-state index contributed by atoms with van der Waals surface area (Å²) in [5.74, 6) is 0.825. The van der Waals surface area contributed by atoms with Crippen LogP contribution in [0.5, 0.6) is 0 Å². The van der Waals surface area contributed by atoms with Crippen LogP contribution in [0.15, 0.2) is 36.5 Å². The molecular formula is C38H54Cl2N8O4. The van der Waals surface area contributed by atoms with Crippen LogP contribution in [-0.4, -0.2) is 107 Å². The van der Waals surface area contributed by atoms with Gasteiger partial charge in [-0.05, 0) is 114 Å². The molecule has 2 saturated carbocycles. The monoisotopic (exact) mass is 756 g/mol. The molecule has 2 aliphatic carbocycles. The van der Waals surface area contributed by atoms with Gasteiger partial charge in [-0.2, -0.15) is 0 Å². The van der Waals surface area contributed by atoms with Crippen LogP contribution in [-0.2, 0) is 9.59 Å². The maximum Gasteiger partial charge on any atom is 0.269 e. The Balaban J connectivity index is 0.000000201. The number of carbonyl (C=O) groups is 4. The average molecular weight is 758 g/mol. The van der Waals surface area contributed by atoms with Crippen molar-refractivity contribution in [2.24, 2.45) is 22.7 Å². The number of halogens is 2. The van der Waals surface area contributed by atoms with Gasteiger partial charge in [0.05, 0.1) is 13.1 Å². The number of hydrogen-bond donors (Lipinski definition) is 4. The lowest BCUT2D eigenvalue weighted by molar-refractivity contribution is -0.134. The van der Waals surface area contributed by atoms with E-state index in [0.29, 0.717) is 70.4 Å². The van der Waals surface area contributed by atoms with E-state index in [1.807, 2.05) is 41.5 Å². The molecule has 4 N–H and O–H groups in total. The predicted octanol–water partition coefficient (Wildman–Crippen LogP) is 4.18. The molecule has 2 saturated heterocycles. The number of likely N-dealkylation sites (tertiary alicyclic amines) is 2. The first-order valence-electron chi connectivity index (χ1n) is 18.2. The Morgan fingerprint density at radius 3 is 1.62 bits per heavy atom. The van der Waals surface area contributed by atoms with E-state index < -0.39 is 0 Å². The molecule has 4 heterocycles. The molecule has 2 aromatic rings. The van der Waals surface area contributed by atoms with Crippen LogP contribution in [0.3, 0.4) is 0 Å². The van der Waals surface area contributed by atoms with Gasteiger partial charge in [0.15, 0.2) is 0 Å². The molecule has 4 aliphatic rings. The average Bonchev–Trinajstić information content (AvgIpc) is 2.95. The van der Waals surface area contributed by atoms with Crippen molar-refractivity contribution in [3.63, 3.8) is 0 Å². The zero-order chi connectivity index (χ0) is 37.9. The lowest BCUT2D eigenvalue weighted by Gasteiger charge is -2.59. The Morgan fingerprint density at radius 2 is 1.19 bits per heavy atom. The molecule has 2 aliphatic heterocycles. The SMILES string of the molecule is CC(C)(C)NC(=O)CN1CC2(CC(CNC(=O)c3cc(Cl)ccn3)C2)C1.CC(C)(C)NC(=O)CN1CC2(CC(CNC(=O)c3cccc(Cl)n3)C2)C1. The van der Waals surface area contributed by atoms with Crippen molar-refractivity contribution >= 4 is 46.8 Å². The van der Waals surface area contributed by atoms with Crippen molar-refractivity contribution in [1.82, 2.24) is 41.0 Å². The third kappa shape index (κ3) is 11.3. The summed E-state index contributed by atoms with van der Waals surface area (Å²) in [6, 6.07) is 8.26. The van der Waals surface area contributed by atoms with E-state index in [2.05, 4.69) is 41.0 Å². The van der Waals surface area contributed by atoms with E-state index >= 15 is 0 Å². The van der Waals surface area contributed by atoms with Gasteiger partial charge in [-0.1, -0.05) is 29.3 Å². The van der Waals surface area contributed by atoms with Crippen molar-refractivity contribution in [2.75, 3.05) is 52.4 Å². The van der Waals surface area contributed by atoms with Crippen molar-refractivity contribution in [3.8, 4) is 0 Å². The van der Waals surface area contributed by atoms with Crippen LogP contribution in [0, 0.1) is 22.7 Å². The molecule has 6 rings (SSSR count). The highest BCUT2D eigenvalue weighted by atomic mass is 35.5. The number of nitrogens with zero attached hydrogens (tertiary/aromatic N) is 4. The maximum absolute atomic E-state index is 12.1. The second-order valence-corrected chi connectivity index (χ2v) is 18.4. The van der Waals surface area contributed by atoms with E-state index in [9.17, 15) is 19.2 Å². The Hall–Kier alpha value is -3.32. The number of hydrogen-bond acceptors (Lipinski definition) is 8. The molecule has 0 radical (unpaired) electrons. The standard InChI is InChI=1S/2C19H27ClN4O2/c1-18(2,3)23-16(25)10-24-11-19(12-24)7-13(8-19)9-22-17(26)15-6-14(20)4-5-21-15;1-18(2,3)23-16(25)10-24-11-19(12-24)7-13(8-19)9-21-17(26)14-5-4-6-15(20)22-14/h4-6,13H,7-12H2,1-3H3,(H,22,26)(H,23,25);4-6,13H,7-12H2,1-3H3,(H,21,26)(H,23,25). The first kappa shape index (κ1) is 39.9. The van der Waals surface area contributed by atoms with Crippen molar-refractivity contribution in [1.29, 1.82) is 0 Å². The Bertz CT molecular complexity index is 1490. The molecule has 0 atom stereocenters. The molecule has 0 bridgehead atoms. The number of carbonyl (C=O) groups excluding carboxylic acids is 4. The molecule has 12 nitrogen and oxygen atoms in total. The molecule has 14 heteroatoms. The summed E-state index contributed by atoms with van der Waals surface area (Å²) in [5.41, 5.74) is 1.05. The van der Waals surface area contributed by atoms with E-state index in [0.717, 1.165) is 51.9 Å². The van der Waals surface area contributed by atoms with Gasteiger partial charge in [-0.3, -0.25) is 34.0 Å². The molecule has 0 aromatic carbocycles. The Labute approximate surface area is 317 Å². The number of rotatable bonds is 10. The minimum absolute atomic E-state index is 0.0875. The third-order valence-electron chi connectivity index (χ3n) is 9.89. The summed E-state index contributed by atoms with van der Waals surface area (Å²) in [7, 11) is 0. The summed E-state index contributed by atoms with van der Waals surface area (Å²) in [5, 5.41) is 12.7. The van der Waals surface area contributed by atoms with Gasteiger partial charge in [-0.25, -0.2) is 4.98 Å². The van der Waals surface area contributed by atoms with E-state index in [4.69, 9.17) is 23.2 Å². The van der Waals surface area contributed by atoms with E-state index in [1.54, 1.807) is 30.3 Å². The van der Waals surface area contributed by atoms with Crippen LogP contribution in [0.4, 0.5) is 0 Å². The highest BCUT2D eigenvalue weighted by Crippen LogP contribution is 2.52. The second-order valence-electron chi connectivity index (χ2n) is 17.6. The van der Waals surface area contributed by atoms with Gasteiger partial charge >= 0.3 is 0 Å². The van der Waals surface area contributed by atoms with Crippen LogP contribution in [0.25, 0.3) is 0 Å². The quantitative estimate of drug-likeness (QED) is 0.264. The summed E-state index contributed by atoms with van der Waals surface area (Å²) in [6.07, 6.45) is 5.96. The van der Waals surface area contributed by atoms with Gasteiger partial charge in [-0.15, -0.1) is 0 Å². The normalized spacial score (nSPS) is 19.5. The number of aromatic nitrogens is 2. The van der Waals surface area contributed by atoms with Gasteiger partial charge in [0.2, 0.25) is 11.8 Å². The van der Waals surface area contributed by atoms with Crippen LogP contribution in [0.1, 0.15) is 88.2 Å². The molecule has 52 heavy (non-hydrogen) atoms. The molecule has 2 aromatic heterocycles. The fourth-order valence-electron chi connectivity index (χ4n) is 8.20. The van der Waals surface area contributed by atoms with Crippen molar-refractivity contribution in [2.45, 2.75) is 78.3 Å². The smallest absolute Gasteiger partial charge is 0.269 e. The Morgan fingerprint density at radius 1 is 0.731 bits per heavy atom. The third-order valence-corrected chi connectivity index (χ3v) is 10.3. The molecule has 284 valence electrons. The maximum atomic E-state index is 12.1. The van der Waals surface area contributed by atoms with Crippen LogP contribution < -0.4 is 21.3 Å². The highest BCUT2D eigenvalue weighted by Gasteiger charge is 2.53. The molecular weight excluding hydrogens is 703 g/mol. The topological polar surface area (TPSA) is 149 Å². The first-order valence-corrected chi connectivity index (χ1v) is 18.9. The molecule has 0 unspecified atom stereocenters. The minimum Gasteiger partial charge on any atom is -0.350 e. The molecule has 2 spiro atoms. The predicted molar refractivity (Wildman–Crippen MR) is 202 cm³/mol. The van der Waals surface area contributed by atoms with Crippen molar-refractivity contribution in [3.05, 3.63) is 58.1 Å². The van der Waals surface area contributed by atoms with Gasteiger partial charge in [0, 0.05) is 61.6 Å². The number of nitrogens with one attached hydrogen (secondary N) is 4. The highest BCUT2D eigenvalue weighted by molar-refractivity contribution is 6.30. The van der Waals surface area contributed by atoms with E-state index in [1.165, 1.54) is 6.20 Å². The zero-order valence-electron chi connectivity index (χ0n) is 31.3. The van der Waals surface area contributed by atoms with Gasteiger partial charge in [0.1, 0.15) is 16.5 Å². The second kappa shape index (κ2) is 16.0. The van der Waals surface area contributed by atoms with Gasteiger partial charge < -0.3 is 21.3 Å². The number of amides is 4. The summed E-state index contributed by atoms with van der Waals surface area (Å²) in [4.78, 5) is 60.6. The summed E-state index contributed by atoms with van der Waals surface area (Å²) < 4.78 is 0. The zero-order valence-corrected chi connectivity index (χ0v) is 32.8. The lowest BCUT2D eigenvalue weighted by Crippen LogP contribution is -2.64. The fraction of sp³-hybridized carbons (Fsp3) is 0.632. The summed E-state index contributed by atoms with van der Waals surface area (Å²) in [6.45, 7) is 18.1. The minimum atomic E-state index is -0.183. The van der Waals surface area contributed by atoms with Crippen molar-refractivity contribution < 1.29 is 19.2 Å². The molecule has 4 amide bonds. The van der Waals surface area contributed by atoms with E-state index in [-0.39, 0.29) is 34.7 Å². The lowest BCUT2D eigenvalue weighted by atomic mass is 9.57. The molecule has 4 fully saturated rings. The largest absolute Gasteiger partial charge is 0.350 e. The number of pyridine rings is 2.